The highest BCUT2D eigenvalue weighted by atomic mass is 16.7. The van der Waals surface area contributed by atoms with E-state index in [0.717, 1.165) is 0 Å². The van der Waals surface area contributed by atoms with Crippen LogP contribution in [-0.4, -0.2) is 127 Å². The molecule has 0 unspecified atom stereocenters. The summed E-state index contributed by atoms with van der Waals surface area (Å²) in [4.78, 5) is 0. The molecular weight excluding hydrogens is 552 g/mol. The zero-order chi connectivity index (χ0) is 31.3. The summed E-state index contributed by atoms with van der Waals surface area (Å²) in [6, 6.07) is 0. The van der Waals surface area contributed by atoms with Gasteiger partial charge in [-0.25, -0.2) is 0 Å². The standard InChI is InChI=1S/C30H52O12/c1-6-27(2,38)10-7-19-28(3)11-9-20(41-25-23(36)21(34)16(32)13-39-25)29(4,15-31)18(28)8-12-30(19,5)42-26-24(37)22(35)17(33)14-40-26/h6,16-26,31-38H,1,7-15H2,2-5H3/t16-,17-,18+,19+,20-,21-,22-,23+,24+,25-,26-,27+,28-,29-,30+/m0/s1. The van der Waals surface area contributed by atoms with Crippen LogP contribution < -0.4 is 0 Å². The van der Waals surface area contributed by atoms with Gasteiger partial charge in [0.15, 0.2) is 12.6 Å². The van der Waals surface area contributed by atoms with E-state index in [4.69, 9.17) is 18.9 Å². The Morgan fingerprint density at radius 1 is 0.881 bits per heavy atom. The second-order valence-electron chi connectivity index (χ2n) is 14.0. The summed E-state index contributed by atoms with van der Waals surface area (Å²) in [5.74, 6) is -0.291. The second-order valence-corrected chi connectivity index (χ2v) is 14.0. The fraction of sp³-hybridized carbons (Fsp3) is 0.933. The van der Waals surface area contributed by atoms with Crippen LogP contribution in [0.25, 0.3) is 0 Å². The fourth-order valence-electron chi connectivity index (χ4n) is 8.26. The van der Waals surface area contributed by atoms with Gasteiger partial charge in [0.1, 0.15) is 36.6 Å². The van der Waals surface area contributed by atoms with Gasteiger partial charge in [0.25, 0.3) is 0 Å². The number of aliphatic hydroxyl groups excluding tert-OH is 7. The third-order valence-electron chi connectivity index (χ3n) is 11.0. The van der Waals surface area contributed by atoms with E-state index >= 15 is 0 Å². The van der Waals surface area contributed by atoms with Crippen molar-refractivity contribution in [3.05, 3.63) is 12.7 Å². The summed E-state index contributed by atoms with van der Waals surface area (Å²) in [6.45, 7) is 10.9. The lowest BCUT2D eigenvalue weighted by molar-refractivity contribution is -0.335. The molecular formula is C30H52O12. The van der Waals surface area contributed by atoms with Crippen molar-refractivity contribution < 1.29 is 59.8 Å². The number of fused-ring (bicyclic) bond motifs is 1. The summed E-state index contributed by atoms with van der Waals surface area (Å²) in [7, 11) is 0. The molecule has 0 aromatic heterocycles. The lowest BCUT2D eigenvalue weighted by Gasteiger charge is -2.64. The third-order valence-corrected chi connectivity index (χ3v) is 11.0. The third kappa shape index (κ3) is 6.20. The number of hydrogen-bond acceptors (Lipinski definition) is 12. The van der Waals surface area contributed by atoms with E-state index in [1.807, 2.05) is 13.8 Å². The summed E-state index contributed by atoms with van der Waals surface area (Å²) in [5, 5.41) is 83.2. The predicted octanol–water partition coefficient (Wildman–Crippen LogP) is -0.433. The average molecular weight is 605 g/mol. The van der Waals surface area contributed by atoms with E-state index < -0.39 is 77.3 Å². The molecule has 0 bridgehead atoms. The quantitative estimate of drug-likeness (QED) is 0.125. The topological polar surface area (TPSA) is 199 Å². The van der Waals surface area contributed by atoms with Crippen LogP contribution in [0.1, 0.15) is 66.2 Å². The first-order valence-electron chi connectivity index (χ1n) is 15.1. The highest BCUT2D eigenvalue weighted by Gasteiger charge is 2.63. The van der Waals surface area contributed by atoms with E-state index in [1.165, 1.54) is 6.08 Å². The van der Waals surface area contributed by atoms with Gasteiger partial charge in [-0.3, -0.25) is 0 Å². The lowest BCUT2D eigenvalue weighted by Crippen LogP contribution is -2.65. The Bertz CT molecular complexity index is 934. The molecule has 0 spiro atoms. The Kier molecular flexibility index (Phi) is 10.2. The first-order chi connectivity index (χ1) is 19.5. The Balaban J connectivity index is 1.62. The maximum atomic E-state index is 10.9. The van der Waals surface area contributed by atoms with Crippen molar-refractivity contribution in [3.63, 3.8) is 0 Å². The van der Waals surface area contributed by atoms with Gasteiger partial charge in [0.2, 0.25) is 0 Å². The minimum Gasteiger partial charge on any atom is -0.396 e. The number of rotatable bonds is 9. The van der Waals surface area contributed by atoms with Crippen molar-refractivity contribution in [3.8, 4) is 0 Å². The molecule has 15 atom stereocenters. The molecule has 0 radical (unpaired) electrons. The highest BCUT2D eigenvalue weighted by Crippen LogP contribution is 2.64. The van der Waals surface area contributed by atoms with Crippen molar-refractivity contribution in [1.82, 2.24) is 0 Å². The molecule has 42 heavy (non-hydrogen) atoms. The number of aliphatic hydroxyl groups is 8. The zero-order valence-electron chi connectivity index (χ0n) is 25.2. The minimum absolute atomic E-state index is 0.0926. The Hall–Kier alpha value is -0.740. The predicted molar refractivity (Wildman–Crippen MR) is 149 cm³/mol. The summed E-state index contributed by atoms with van der Waals surface area (Å²) >= 11 is 0. The van der Waals surface area contributed by atoms with Gasteiger partial charge < -0.3 is 59.8 Å². The van der Waals surface area contributed by atoms with Crippen LogP contribution in [0.4, 0.5) is 0 Å². The van der Waals surface area contributed by atoms with Gasteiger partial charge in [-0.05, 0) is 69.6 Å². The largest absolute Gasteiger partial charge is 0.396 e. The molecule has 8 N–H and O–H groups in total. The van der Waals surface area contributed by atoms with E-state index in [9.17, 15) is 40.9 Å². The van der Waals surface area contributed by atoms with Crippen molar-refractivity contribution in [2.45, 2.75) is 133 Å². The summed E-state index contributed by atoms with van der Waals surface area (Å²) in [6.07, 6.45) is -6.35. The van der Waals surface area contributed by atoms with Crippen LogP contribution in [0.15, 0.2) is 12.7 Å². The van der Waals surface area contributed by atoms with Crippen LogP contribution in [0, 0.1) is 22.7 Å². The molecule has 2 saturated carbocycles. The van der Waals surface area contributed by atoms with Crippen LogP contribution in [-0.2, 0) is 18.9 Å². The van der Waals surface area contributed by atoms with Crippen molar-refractivity contribution in [2.24, 2.45) is 22.7 Å². The van der Waals surface area contributed by atoms with Gasteiger partial charge >= 0.3 is 0 Å². The molecule has 2 saturated heterocycles. The molecule has 4 rings (SSSR count). The maximum Gasteiger partial charge on any atom is 0.186 e. The monoisotopic (exact) mass is 604 g/mol. The molecule has 12 heteroatoms. The first-order valence-corrected chi connectivity index (χ1v) is 15.1. The van der Waals surface area contributed by atoms with Crippen molar-refractivity contribution >= 4 is 0 Å². The SMILES string of the molecule is C=C[C@@](C)(O)CC[C@@H]1[C@@]2(C)CC[C@H](O[C@@H]3OC[C@H](O)[C@H](O)[C@H]3O)[C@@](C)(CO)[C@@H]2CC[C@@]1(C)O[C@@H]1OC[C@H](O)[C@H](O)[C@H]1O. The minimum atomic E-state index is -1.45. The second kappa shape index (κ2) is 12.6. The average Bonchev–Trinajstić information content (AvgIpc) is 2.94. The molecule has 2 aliphatic carbocycles. The molecule has 4 aliphatic rings. The number of ether oxygens (including phenoxy) is 4. The van der Waals surface area contributed by atoms with E-state index in [0.29, 0.717) is 38.5 Å². The molecule has 12 nitrogen and oxygen atoms in total. The zero-order valence-corrected chi connectivity index (χ0v) is 25.2. The summed E-state index contributed by atoms with van der Waals surface area (Å²) < 4.78 is 23.9. The molecule has 0 amide bonds. The van der Waals surface area contributed by atoms with Gasteiger partial charge in [-0.2, -0.15) is 0 Å². The van der Waals surface area contributed by atoms with Gasteiger partial charge in [-0.1, -0.05) is 19.9 Å². The van der Waals surface area contributed by atoms with Crippen molar-refractivity contribution in [2.75, 3.05) is 19.8 Å². The van der Waals surface area contributed by atoms with Gasteiger partial charge in [-0.15, -0.1) is 6.58 Å². The first kappa shape index (κ1) is 34.1. The van der Waals surface area contributed by atoms with Crippen LogP contribution in [0.5, 0.6) is 0 Å². The highest BCUT2D eigenvalue weighted by molar-refractivity contribution is 5.12. The van der Waals surface area contributed by atoms with E-state index in [-0.39, 0.29) is 31.7 Å². The molecule has 2 aliphatic heterocycles. The van der Waals surface area contributed by atoms with Gasteiger partial charge in [0, 0.05) is 5.41 Å². The van der Waals surface area contributed by atoms with Crippen LogP contribution in [0.2, 0.25) is 0 Å². The fourth-order valence-corrected chi connectivity index (χ4v) is 8.26. The van der Waals surface area contributed by atoms with E-state index in [1.54, 1.807) is 6.92 Å². The Labute approximate surface area is 247 Å². The normalized spacial score (nSPS) is 51.4. The molecule has 2 heterocycles. The number of hydrogen-bond donors (Lipinski definition) is 8. The maximum absolute atomic E-state index is 10.9. The van der Waals surface area contributed by atoms with E-state index in [2.05, 4.69) is 13.5 Å². The van der Waals surface area contributed by atoms with Crippen LogP contribution in [0.3, 0.4) is 0 Å². The lowest BCUT2D eigenvalue weighted by atomic mass is 9.44. The molecule has 4 fully saturated rings. The smallest absolute Gasteiger partial charge is 0.186 e. The van der Waals surface area contributed by atoms with Crippen LogP contribution >= 0.6 is 0 Å². The molecule has 0 aromatic carbocycles. The molecule has 0 aromatic rings. The van der Waals surface area contributed by atoms with Gasteiger partial charge in [0.05, 0.1) is 37.1 Å². The summed E-state index contributed by atoms with van der Waals surface area (Å²) in [5.41, 5.74) is -3.21. The Morgan fingerprint density at radius 3 is 2.02 bits per heavy atom. The molecule has 244 valence electrons. The van der Waals surface area contributed by atoms with Crippen molar-refractivity contribution in [1.29, 1.82) is 0 Å². The Morgan fingerprint density at radius 2 is 1.45 bits per heavy atom.